The lowest BCUT2D eigenvalue weighted by Crippen LogP contribution is -2.50. The van der Waals surface area contributed by atoms with E-state index < -0.39 is 6.04 Å². The molecule has 1 amide bonds. The van der Waals surface area contributed by atoms with Gasteiger partial charge in [0.25, 0.3) is 0 Å². The van der Waals surface area contributed by atoms with E-state index in [1.54, 1.807) is 0 Å². The van der Waals surface area contributed by atoms with Crippen molar-refractivity contribution in [2.75, 3.05) is 0 Å². The van der Waals surface area contributed by atoms with Gasteiger partial charge in [0, 0.05) is 0 Å². The van der Waals surface area contributed by atoms with Crippen LogP contribution in [0.4, 0.5) is 0 Å². The van der Waals surface area contributed by atoms with E-state index in [9.17, 15) is 9.59 Å². The highest BCUT2D eigenvalue weighted by molar-refractivity contribution is 5.82. The zero-order valence-corrected chi connectivity index (χ0v) is 15.4. The molecule has 0 aromatic carbocycles. The minimum Gasteiger partial charge on any atom is -0.460 e. The van der Waals surface area contributed by atoms with Crippen LogP contribution in [-0.4, -0.2) is 30.1 Å². The molecule has 0 radical (unpaired) electrons. The Labute approximate surface area is 146 Å². The summed E-state index contributed by atoms with van der Waals surface area (Å²) >= 11 is 0. The third-order valence-corrected chi connectivity index (χ3v) is 5.41. The largest absolute Gasteiger partial charge is 0.460 e. The standard InChI is InChI=1S/C19H34N2O3/c1-12(2)9-15(20)18(22)21-16(11-14-7-5-4-6-8-14)17-10-13(3)19(23)24-17/h12-17H,4-11,20H2,1-3H3,(H,21,22)/t13-,15+,16+,17+/m1/s1. The van der Waals surface area contributed by atoms with Crippen LogP contribution in [0.3, 0.4) is 0 Å². The third kappa shape index (κ3) is 5.47. The first-order chi connectivity index (χ1) is 11.4. The number of carbonyl (C=O) groups excluding carboxylic acids is 2. The number of hydrogen-bond donors (Lipinski definition) is 2. The molecule has 1 saturated carbocycles. The topological polar surface area (TPSA) is 81.4 Å². The van der Waals surface area contributed by atoms with E-state index in [0.717, 1.165) is 6.42 Å². The van der Waals surface area contributed by atoms with E-state index >= 15 is 0 Å². The minimum atomic E-state index is -0.492. The van der Waals surface area contributed by atoms with Crippen molar-refractivity contribution < 1.29 is 14.3 Å². The first-order valence-corrected chi connectivity index (χ1v) is 9.63. The fourth-order valence-corrected chi connectivity index (χ4v) is 3.99. The Balaban J connectivity index is 1.98. The molecule has 1 aliphatic carbocycles. The van der Waals surface area contributed by atoms with Crippen LogP contribution in [-0.2, 0) is 14.3 Å². The highest BCUT2D eigenvalue weighted by Gasteiger charge is 2.38. The molecule has 2 fully saturated rings. The van der Waals surface area contributed by atoms with Crippen LogP contribution in [0.2, 0.25) is 0 Å². The first-order valence-electron chi connectivity index (χ1n) is 9.63. The van der Waals surface area contributed by atoms with E-state index in [0.29, 0.717) is 24.7 Å². The van der Waals surface area contributed by atoms with Crippen LogP contribution in [0, 0.1) is 17.8 Å². The van der Waals surface area contributed by atoms with Gasteiger partial charge in [-0.25, -0.2) is 0 Å². The molecule has 0 aromatic rings. The summed E-state index contributed by atoms with van der Waals surface area (Å²) in [6, 6.07) is -0.596. The van der Waals surface area contributed by atoms with E-state index in [4.69, 9.17) is 10.5 Å². The number of amides is 1. The van der Waals surface area contributed by atoms with Gasteiger partial charge in [-0.05, 0) is 31.1 Å². The van der Waals surface area contributed by atoms with Crippen molar-refractivity contribution in [1.82, 2.24) is 5.32 Å². The molecule has 24 heavy (non-hydrogen) atoms. The molecule has 5 nitrogen and oxygen atoms in total. The maximum absolute atomic E-state index is 12.5. The van der Waals surface area contributed by atoms with Gasteiger partial charge in [0.15, 0.2) is 0 Å². The Kier molecular flexibility index (Phi) is 7.08. The molecule has 0 bridgehead atoms. The number of carbonyl (C=O) groups is 2. The molecular weight excluding hydrogens is 304 g/mol. The Morgan fingerprint density at radius 2 is 1.96 bits per heavy atom. The van der Waals surface area contributed by atoms with Crippen molar-refractivity contribution in [3.8, 4) is 0 Å². The number of cyclic esters (lactones) is 1. The van der Waals surface area contributed by atoms with E-state index in [2.05, 4.69) is 19.2 Å². The number of nitrogens with one attached hydrogen (secondary N) is 1. The van der Waals surface area contributed by atoms with Crippen molar-refractivity contribution in [1.29, 1.82) is 0 Å². The normalized spacial score (nSPS) is 27.8. The van der Waals surface area contributed by atoms with Gasteiger partial charge in [0.1, 0.15) is 6.10 Å². The smallest absolute Gasteiger partial charge is 0.309 e. The number of esters is 1. The van der Waals surface area contributed by atoms with Crippen LogP contribution in [0.1, 0.15) is 72.1 Å². The average molecular weight is 338 g/mol. The first kappa shape index (κ1) is 19.2. The molecule has 0 unspecified atom stereocenters. The summed E-state index contributed by atoms with van der Waals surface area (Å²) in [5.74, 6) is 0.659. The van der Waals surface area contributed by atoms with E-state index in [1.165, 1.54) is 32.1 Å². The molecule has 0 aromatic heterocycles. The summed E-state index contributed by atoms with van der Waals surface area (Å²) < 4.78 is 5.54. The second kappa shape index (κ2) is 8.84. The van der Waals surface area contributed by atoms with Crippen molar-refractivity contribution >= 4 is 11.9 Å². The van der Waals surface area contributed by atoms with Gasteiger partial charge in [-0.15, -0.1) is 0 Å². The molecule has 2 aliphatic rings. The van der Waals surface area contributed by atoms with Gasteiger partial charge in [-0.3, -0.25) is 9.59 Å². The summed E-state index contributed by atoms with van der Waals surface area (Å²) in [4.78, 5) is 24.3. The Morgan fingerprint density at radius 1 is 1.29 bits per heavy atom. The monoisotopic (exact) mass is 338 g/mol. The van der Waals surface area contributed by atoms with Crippen molar-refractivity contribution in [2.24, 2.45) is 23.5 Å². The Bertz CT molecular complexity index is 432. The fraction of sp³-hybridized carbons (Fsp3) is 0.895. The van der Waals surface area contributed by atoms with Crippen molar-refractivity contribution in [3.05, 3.63) is 0 Å². The molecule has 2 rings (SSSR count). The Morgan fingerprint density at radius 3 is 2.50 bits per heavy atom. The third-order valence-electron chi connectivity index (χ3n) is 5.41. The number of hydrogen-bond acceptors (Lipinski definition) is 4. The summed E-state index contributed by atoms with van der Waals surface area (Å²) in [6.07, 6.45) is 8.30. The van der Waals surface area contributed by atoms with Gasteiger partial charge in [0.05, 0.1) is 18.0 Å². The lowest BCUT2D eigenvalue weighted by Gasteiger charge is -2.31. The van der Waals surface area contributed by atoms with Crippen molar-refractivity contribution in [2.45, 2.75) is 90.3 Å². The highest BCUT2D eigenvalue weighted by Crippen LogP contribution is 2.31. The predicted molar refractivity (Wildman–Crippen MR) is 94.2 cm³/mol. The van der Waals surface area contributed by atoms with Crippen LogP contribution >= 0.6 is 0 Å². The van der Waals surface area contributed by atoms with E-state index in [1.807, 2.05) is 6.92 Å². The Hall–Kier alpha value is -1.10. The molecular formula is C19H34N2O3. The number of ether oxygens (including phenoxy) is 1. The molecule has 138 valence electrons. The van der Waals surface area contributed by atoms with Crippen LogP contribution in [0.15, 0.2) is 0 Å². The molecule has 5 heteroatoms. The van der Waals surface area contributed by atoms with Crippen LogP contribution in [0.5, 0.6) is 0 Å². The molecule has 3 N–H and O–H groups in total. The van der Waals surface area contributed by atoms with E-state index in [-0.39, 0.29) is 29.9 Å². The summed E-state index contributed by atoms with van der Waals surface area (Å²) in [7, 11) is 0. The van der Waals surface area contributed by atoms with Crippen molar-refractivity contribution in [3.63, 3.8) is 0 Å². The zero-order chi connectivity index (χ0) is 17.7. The number of nitrogens with two attached hydrogens (primary N) is 1. The fourth-order valence-electron chi connectivity index (χ4n) is 3.99. The van der Waals surface area contributed by atoms with Crippen LogP contribution in [0.25, 0.3) is 0 Å². The molecule has 0 spiro atoms. The average Bonchev–Trinajstić information content (AvgIpc) is 2.86. The zero-order valence-electron chi connectivity index (χ0n) is 15.4. The second-order valence-electron chi connectivity index (χ2n) is 8.20. The summed E-state index contributed by atoms with van der Waals surface area (Å²) in [5, 5.41) is 3.11. The van der Waals surface area contributed by atoms with Gasteiger partial charge in [-0.1, -0.05) is 52.9 Å². The second-order valence-corrected chi connectivity index (χ2v) is 8.20. The summed E-state index contributed by atoms with van der Waals surface area (Å²) in [5.41, 5.74) is 6.03. The maximum Gasteiger partial charge on any atom is 0.309 e. The number of rotatable bonds is 7. The predicted octanol–water partition coefficient (Wildman–Crippen LogP) is 2.77. The quantitative estimate of drug-likeness (QED) is 0.699. The SMILES string of the molecule is CC(C)C[C@H](N)C(=O)N[C@@H](CC1CCCCC1)[C@@H]1C[C@@H](C)C(=O)O1. The molecule has 1 heterocycles. The molecule has 4 atom stereocenters. The van der Waals surface area contributed by atoms with Gasteiger partial charge in [0.2, 0.25) is 5.91 Å². The lowest BCUT2D eigenvalue weighted by molar-refractivity contribution is -0.145. The summed E-state index contributed by atoms with van der Waals surface area (Å²) in [6.45, 7) is 6.02. The van der Waals surface area contributed by atoms with Gasteiger partial charge < -0.3 is 15.8 Å². The molecule has 1 aliphatic heterocycles. The maximum atomic E-state index is 12.5. The minimum absolute atomic E-state index is 0.0786. The van der Waals surface area contributed by atoms with Gasteiger partial charge >= 0.3 is 5.97 Å². The lowest BCUT2D eigenvalue weighted by atomic mass is 9.83. The highest BCUT2D eigenvalue weighted by atomic mass is 16.6. The van der Waals surface area contributed by atoms with Gasteiger partial charge in [-0.2, -0.15) is 0 Å². The molecule has 1 saturated heterocycles. The van der Waals surface area contributed by atoms with Crippen LogP contribution < -0.4 is 11.1 Å².